The first kappa shape index (κ1) is 21.5. The molecular weight excluding hydrogens is 333 g/mol. The quantitative estimate of drug-likeness (QED) is 0.402. The molecule has 144 valence electrons. The first-order valence-electron chi connectivity index (χ1n) is 9.14. The van der Waals surface area contributed by atoms with E-state index in [2.05, 4.69) is 11.7 Å². The third kappa shape index (κ3) is 10.8. The molecule has 0 saturated carbocycles. The van der Waals surface area contributed by atoms with Gasteiger partial charge in [-0.2, -0.15) is 0 Å². The first-order valence-corrected chi connectivity index (χ1v) is 9.14. The molecule has 1 N–H and O–H groups in total. The summed E-state index contributed by atoms with van der Waals surface area (Å²) in [4.78, 5) is 0. The Kier molecular flexibility index (Phi) is 10.2. The summed E-state index contributed by atoms with van der Waals surface area (Å²) in [5.41, 5.74) is 0. The predicted molar refractivity (Wildman–Crippen MR) is 92.1 cm³/mol. The molecule has 1 aromatic carbocycles. The van der Waals surface area contributed by atoms with Crippen molar-refractivity contribution in [2.75, 3.05) is 6.61 Å². The number of phenols is 1. The molecule has 25 heavy (non-hydrogen) atoms. The van der Waals surface area contributed by atoms with Crippen LogP contribution in [0, 0.1) is 0 Å². The van der Waals surface area contributed by atoms with Gasteiger partial charge < -0.3 is 14.6 Å². The zero-order valence-corrected chi connectivity index (χ0v) is 14.9. The van der Waals surface area contributed by atoms with Crippen molar-refractivity contribution in [2.24, 2.45) is 0 Å². The summed E-state index contributed by atoms with van der Waals surface area (Å²) in [6.07, 6.45) is 7.22. The molecule has 0 atom stereocenters. The van der Waals surface area contributed by atoms with Crippen molar-refractivity contribution in [1.29, 1.82) is 0 Å². The van der Waals surface area contributed by atoms with Gasteiger partial charge in [0.25, 0.3) is 0 Å². The Labute approximate surface area is 148 Å². The summed E-state index contributed by atoms with van der Waals surface area (Å²) in [6.45, 7) is 2.65. The second kappa shape index (κ2) is 11.9. The number of aromatic hydroxyl groups is 1. The van der Waals surface area contributed by atoms with Crippen LogP contribution in [-0.4, -0.2) is 18.1 Å². The van der Waals surface area contributed by atoms with E-state index >= 15 is 0 Å². The minimum Gasteiger partial charge on any atom is -0.504 e. The molecule has 3 nitrogen and oxygen atoms in total. The molecule has 0 aliphatic carbocycles. The van der Waals surface area contributed by atoms with Gasteiger partial charge in [0.05, 0.1) is 6.61 Å². The van der Waals surface area contributed by atoms with Crippen LogP contribution in [0.15, 0.2) is 18.2 Å². The van der Waals surface area contributed by atoms with Gasteiger partial charge in [0.1, 0.15) is 5.75 Å². The van der Waals surface area contributed by atoms with Crippen molar-refractivity contribution in [3.8, 4) is 17.2 Å². The summed E-state index contributed by atoms with van der Waals surface area (Å²) in [6, 6.07) is 3.61. The van der Waals surface area contributed by atoms with Crippen molar-refractivity contribution in [3.05, 3.63) is 18.2 Å². The molecule has 0 amide bonds. The number of unbranched alkanes of at least 4 members (excludes halogenated alkanes) is 9. The third-order valence-electron chi connectivity index (χ3n) is 3.92. The largest absolute Gasteiger partial charge is 0.573 e. The molecular formula is C19H29F3O3. The lowest BCUT2D eigenvalue weighted by atomic mass is 10.1. The maximum Gasteiger partial charge on any atom is 0.573 e. The second-order valence-electron chi connectivity index (χ2n) is 6.21. The number of alkyl halides is 3. The van der Waals surface area contributed by atoms with E-state index in [4.69, 9.17) is 4.74 Å². The highest BCUT2D eigenvalue weighted by atomic mass is 19.4. The summed E-state index contributed by atoms with van der Waals surface area (Å²) in [5, 5.41) is 9.38. The highest BCUT2D eigenvalue weighted by molar-refractivity contribution is 5.44. The van der Waals surface area contributed by atoms with Gasteiger partial charge in [-0.1, -0.05) is 64.7 Å². The number of ether oxygens (including phenoxy) is 2. The van der Waals surface area contributed by atoms with Gasteiger partial charge in [0, 0.05) is 6.07 Å². The number of hydrogen-bond acceptors (Lipinski definition) is 3. The van der Waals surface area contributed by atoms with Crippen molar-refractivity contribution in [3.63, 3.8) is 0 Å². The molecule has 0 heterocycles. The Morgan fingerprint density at radius 1 is 0.880 bits per heavy atom. The Hall–Kier alpha value is -1.59. The fourth-order valence-electron chi connectivity index (χ4n) is 2.57. The zero-order valence-electron chi connectivity index (χ0n) is 14.9. The predicted octanol–water partition coefficient (Wildman–Crippen LogP) is 6.59. The number of benzene rings is 1. The van der Waals surface area contributed by atoms with Crippen LogP contribution in [0.5, 0.6) is 17.2 Å². The van der Waals surface area contributed by atoms with Crippen LogP contribution in [0.3, 0.4) is 0 Å². The summed E-state index contributed by atoms with van der Waals surface area (Å²) >= 11 is 0. The first-order chi connectivity index (χ1) is 11.9. The maximum atomic E-state index is 12.2. The summed E-state index contributed by atoms with van der Waals surface area (Å²) in [7, 11) is 0. The van der Waals surface area contributed by atoms with Crippen LogP contribution in [-0.2, 0) is 0 Å². The van der Waals surface area contributed by atoms with Crippen LogP contribution in [0.1, 0.15) is 71.1 Å². The van der Waals surface area contributed by atoms with Gasteiger partial charge in [0.2, 0.25) is 0 Å². The van der Waals surface area contributed by atoms with E-state index in [0.29, 0.717) is 6.61 Å². The Morgan fingerprint density at radius 3 is 2.00 bits per heavy atom. The smallest absolute Gasteiger partial charge is 0.504 e. The lowest BCUT2D eigenvalue weighted by Gasteiger charge is -2.12. The van der Waals surface area contributed by atoms with Crippen LogP contribution >= 0.6 is 0 Å². The van der Waals surface area contributed by atoms with E-state index in [-0.39, 0.29) is 5.75 Å². The Balaban J connectivity index is 2.13. The van der Waals surface area contributed by atoms with E-state index in [0.717, 1.165) is 31.4 Å². The van der Waals surface area contributed by atoms with Gasteiger partial charge in [0.15, 0.2) is 11.5 Å². The standard InChI is InChI=1S/C19H29F3O3/c1-2-3-4-5-6-7-8-9-10-11-14-24-16-12-13-17(23)18(15-16)25-19(20,21)22/h12-13,15,23H,2-11,14H2,1H3. The number of phenolic OH excluding ortho intramolecular Hbond substituents is 1. The van der Waals surface area contributed by atoms with Crippen molar-refractivity contribution in [1.82, 2.24) is 0 Å². The van der Waals surface area contributed by atoms with Crippen LogP contribution in [0.4, 0.5) is 13.2 Å². The maximum absolute atomic E-state index is 12.2. The lowest BCUT2D eigenvalue weighted by molar-refractivity contribution is -0.275. The molecule has 0 radical (unpaired) electrons. The van der Waals surface area contributed by atoms with Crippen LogP contribution < -0.4 is 9.47 Å². The SMILES string of the molecule is CCCCCCCCCCCCOc1ccc(O)c(OC(F)(F)F)c1. The highest BCUT2D eigenvalue weighted by Crippen LogP contribution is 2.34. The van der Waals surface area contributed by atoms with Gasteiger partial charge in [-0.25, -0.2) is 0 Å². The molecule has 6 heteroatoms. The van der Waals surface area contributed by atoms with E-state index in [1.807, 2.05) is 0 Å². The molecule has 0 unspecified atom stereocenters. The number of halogens is 3. The third-order valence-corrected chi connectivity index (χ3v) is 3.92. The molecule has 0 aromatic heterocycles. The lowest BCUT2D eigenvalue weighted by Crippen LogP contribution is -2.17. The molecule has 0 fully saturated rings. The van der Waals surface area contributed by atoms with Gasteiger partial charge in [-0.15, -0.1) is 13.2 Å². The van der Waals surface area contributed by atoms with Gasteiger partial charge >= 0.3 is 6.36 Å². The zero-order chi connectivity index (χ0) is 18.5. The highest BCUT2D eigenvalue weighted by Gasteiger charge is 2.32. The van der Waals surface area contributed by atoms with E-state index in [1.54, 1.807) is 0 Å². The number of rotatable bonds is 13. The van der Waals surface area contributed by atoms with E-state index in [1.165, 1.54) is 51.0 Å². The average molecular weight is 362 g/mol. The van der Waals surface area contributed by atoms with E-state index < -0.39 is 17.9 Å². The Morgan fingerprint density at radius 2 is 1.44 bits per heavy atom. The molecule has 0 aliphatic rings. The minimum atomic E-state index is -4.84. The molecule has 1 rings (SSSR count). The monoisotopic (exact) mass is 362 g/mol. The molecule has 1 aromatic rings. The minimum absolute atomic E-state index is 0.257. The Bertz CT molecular complexity index is 475. The molecule has 0 aliphatic heterocycles. The molecule has 0 bridgehead atoms. The topological polar surface area (TPSA) is 38.7 Å². The summed E-state index contributed by atoms with van der Waals surface area (Å²) < 4.78 is 45.8. The summed E-state index contributed by atoms with van der Waals surface area (Å²) in [5.74, 6) is -0.954. The van der Waals surface area contributed by atoms with Gasteiger partial charge in [-0.05, 0) is 18.6 Å². The van der Waals surface area contributed by atoms with Crippen molar-refractivity contribution in [2.45, 2.75) is 77.5 Å². The van der Waals surface area contributed by atoms with Crippen molar-refractivity contribution >= 4 is 0 Å². The second-order valence-corrected chi connectivity index (χ2v) is 6.21. The van der Waals surface area contributed by atoms with Crippen LogP contribution in [0.2, 0.25) is 0 Å². The fraction of sp³-hybridized carbons (Fsp3) is 0.684. The van der Waals surface area contributed by atoms with E-state index in [9.17, 15) is 18.3 Å². The average Bonchev–Trinajstić information content (AvgIpc) is 2.54. The molecule has 0 saturated heterocycles. The molecule has 0 spiro atoms. The van der Waals surface area contributed by atoms with Crippen molar-refractivity contribution < 1.29 is 27.8 Å². The normalized spacial score (nSPS) is 11.5. The number of hydrogen-bond donors (Lipinski definition) is 1. The fourth-order valence-corrected chi connectivity index (χ4v) is 2.57. The van der Waals surface area contributed by atoms with Gasteiger partial charge in [-0.3, -0.25) is 0 Å². The van der Waals surface area contributed by atoms with Crippen LogP contribution in [0.25, 0.3) is 0 Å².